The maximum atomic E-state index is 11.8. The first-order valence-electron chi connectivity index (χ1n) is 3.39. The van der Waals surface area contributed by atoms with Crippen LogP contribution in [0.4, 0.5) is 13.2 Å². The Morgan fingerprint density at radius 1 is 1.06 bits per heavy atom. The lowest BCUT2D eigenvalue weighted by Crippen LogP contribution is -2.27. The number of para-hydroxylation sites is 1. The van der Waals surface area contributed by atoms with Crippen molar-refractivity contribution in [2.45, 2.75) is 12.9 Å². The summed E-state index contributed by atoms with van der Waals surface area (Å²) in [5.74, 6) is -0.371. The van der Waals surface area contributed by atoms with Gasteiger partial charge in [0.05, 0.1) is 0 Å². The summed E-state index contributed by atoms with van der Waals surface area (Å²) >= 11 is 0. The molecule has 0 atom stereocenters. The highest BCUT2D eigenvalue weighted by molar-refractivity contribution is 7.87. The Kier molecular flexibility index (Phi) is 6.56. The van der Waals surface area contributed by atoms with Gasteiger partial charge in [-0.2, -0.15) is 35.1 Å². The summed E-state index contributed by atoms with van der Waals surface area (Å²) in [4.78, 5) is 0. The van der Waals surface area contributed by atoms with Gasteiger partial charge in [-0.25, -0.2) is 0 Å². The number of alkyl halides is 3. The maximum Gasteiger partial charge on any atom is 0.534 e. The zero-order chi connectivity index (χ0) is 10.8. The number of hydrogen-bond donors (Lipinski definition) is 0. The zero-order valence-electron chi connectivity index (χ0n) is 7.15. The molecular formula is C8H11F3O3S2. The number of halogens is 3. The Morgan fingerprint density at radius 2 is 1.50 bits per heavy atom. The van der Waals surface area contributed by atoms with Gasteiger partial charge in [-0.3, -0.25) is 0 Å². The van der Waals surface area contributed by atoms with E-state index in [0.29, 0.717) is 0 Å². The second kappa shape index (κ2) is 6.00. The minimum absolute atomic E-state index is 0. The van der Waals surface area contributed by atoms with E-state index in [4.69, 9.17) is 0 Å². The van der Waals surface area contributed by atoms with E-state index in [1.807, 2.05) is 0 Å². The van der Waals surface area contributed by atoms with Crippen molar-refractivity contribution in [3.8, 4) is 5.75 Å². The molecule has 0 aliphatic carbocycles. The molecule has 0 heterocycles. The highest BCUT2D eigenvalue weighted by Gasteiger charge is 2.48. The predicted octanol–water partition coefficient (Wildman–Crippen LogP) is 2.66. The van der Waals surface area contributed by atoms with Crippen LogP contribution in [-0.2, 0) is 10.1 Å². The molecule has 0 spiro atoms. The third kappa shape index (κ3) is 4.31. The fourth-order valence-electron chi connectivity index (χ4n) is 0.650. The molecule has 0 aliphatic heterocycles. The summed E-state index contributed by atoms with van der Waals surface area (Å²) in [6, 6.07) is 6.47. The lowest BCUT2D eigenvalue weighted by molar-refractivity contribution is -0.0500. The van der Waals surface area contributed by atoms with Gasteiger partial charge >= 0.3 is 15.6 Å². The molecule has 0 unspecified atom stereocenters. The first-order chi connectivity index (χ1) is 6.33. The van der Waals surface area contributed by atoms with Gasteiger partial charge in [0, 0.05) is 0 Å². The minimum Gasteiger partial charge on any atom is -0.376 e. The Labute approximate surface area is 98.8 Å². The van der Waals surface area contributed by atoms with E-state index in [1.165, 1.54) is 18.2 Å². The molecule has 0 radical (unpaired) electrons. The highest BCUT2D eigenvalue weighted by atomic mass is 32.2. The molecule has 1 aromatic carbocycles. The average Bonchev–Trinajstić information content (AvgIpc) is 2.03. The Bertz CT molecular complexity index is 400. The van der Waals surface area contributed by atoms with Gasteiger partial charge in [0.2, 0.25) is 0 Å². The van der Waals surface area contributed by atoms with Gasteiger partial charge in [-0.15, -0.1) is 0 Å². The van der Waals surface area contributed by atoms with Gasteiger partial charge in [0.25, 0.3) is 0 Å². The SMILES string of the molecule is C.O=S(=O)(Oc1ccccc1)C(F)(F)F.S. The topological polar surface area (TPSA) is 43.4 Å². The van der Waals surface area contributed by atoms with Crippen LogP contribution in [-0.4, -0.2) is 13.9 Å². The Morgan fingerprint density at radius 3 is 1.88 bits per heavy atom. The van der Waals surface area contributed by atoms with Crippen molar-refractivity contribution < 1.29 is 25.8 Å². The standard InChI is InChI=1S/C7H5F3O3S.CH4.H2S/c8-7(9,10)14(11,12)13-6-4-2-1-3-5-6;;/h1-5H;1H4;1H2. The summed E-state index contributed by atoms with van der Waals surface area (Å²) < 4.78 is 60.2. The molecule has 0 N–H and O–H groups in total. The molecule has 16 heavy (non-hydrogen) atoms. The second-order valence-corrected chi connectivity index (χ2v) is 3.83. The largest absolute Gasteiger partial charge is 0.534 e. The molecule has 0 aliphatic rings. The van der Waals surface area contributed by atoms with Crippen LogP contribution in [0.5, 0.6) is 5.75 Å². The number of benzene rings is 1. The van der Waals surface area contributed by atoms with Gasteiger partial charge in [-0.05, 0) is 12.1 Å². The summed E-state index contributed by atoms with van der Waals surface area (Å²) in [5.41, 5.74) is -5.40. The second-order valence-electron chi connectivity index (χ2n) is 2.30. The van der Waals surface area contributed by atoms with E-state index in [2.05, 4.69) is 4.18 Å². The van der Waals surface area contributed by atoms with Crippen LogP contribution in [0, 0.1) is 0 Å². The Balaban J connectivity index is 0. The van der Waals surface area contributed by atoms with Crippen molar-refractivity contribution in [3.63, 3.8) is 0 Å². The zero-order valence-corrected chi connectivity index (χ0v) is 8.97. The fourth-order valence-corrected chi connectivity index (χ4v) is 1.11. The van der Waals surface area contributed by atoms with Gasteiger partial charge in [-0.1, -0.05) is 25.6 Å². The van der Waals surface area contributed by atoms with Crippen molar-refractivity contribution in [1.82, 2.24) is 0 Å². The van der Waals surface area contributed by atoms with Crippen molar-refractivity contribution >= 4 is 23.6 Å². The van der Waals surface area contributed by atoms with E-state index >= 15 is 0 Å². The van der Waals surface area contributed by atoms with E-state index in [-0.39, 0.29) is 26.7 Å². The van der Waals surface area contributed by atoms with Gasteiger partial charge < -0.3 is 4.18 Å². The lowest BCUT2D eigenvalue weighted by Gasteiger charge is -2.08. The number of rotatable bonds is 2. The normalized spacial score (nSPS) is 10.9. The molecule has 0 fully saturated rings. The smallest absolute Gasteiger partial charge is 0.376 e. The number of hydrogen-bond acceptors (Lipinski definition) is 3. The van der Waals surface area contributed by atoms with Crippen molar-refractivity contribution in [3.05, 3.63) is 30.3 Å². The maximum absolute atomic E-state index is 11.8. The monoisotopic (exact) mass is 276 g/mol. The molecule has 0 aromatic heterocycles. The highest BCUT2D eigenvalue weighted by Crippen LogP contribution is 2.26. The van der Waals surface area contributed by atoms with Crippen LogP contribution in [0.1, 0.15) is 7.43 Å². The lowest BCUT2D eigenvalue weighted by atomic mass is 10.3. The van der Waals surface area contributed by atoms with Crippen LogP contribution in [0.3, 0.4) is 0 Å². The molecule has 1 rings (SSSR count). The minimum atomic E-state index is -5.55. The third-order valence-corrected chi connectivity index (χ3v) is 2.21. The molecule has 0 saturated carbocycles. The molecule has 0 saturated heterocycles. The molecule has 1 aromatic rings. The molecule has 8 heteroatoms. The summed E-state index contributed by atoms with van der Waals surface area (Å²) in [6.07, 6.45) is 0. The van der Waals surface area contributed by atoms with E-state index in [1.54, 1.807) is 0 Å². The van der Waals surface area contributed by atoms with Gasteiger partial charge in [0.15, 0.2) is 0 Å². The van der Waals surface area contributed by atoms with Crippen LogP contribution >= 0.6 is 13.5 Å². The fraction of sp³-hybridized carbons (Fsp3) is 0.250. The van der Waals surface area contributed by atoms with E-state index in [0.717, 1.165) is 12.1 Å². The average molecular weight is 276 g/mol. The molecule has 0 amide bonds. The van der Waals surface area contributed by atoms with E-state index < -0.39 is 15.6 Å². The Hall–Kier alpha value is -0.890. The predicted molar refractivity (Wildman–Crippen MR) is 59.2 cm³/mol. The first kappa shape index (κ1) is 17.5. The quantitative estimate of drug-likeness (QED) is 0.616. The van der Waals surface area contributed by atoms with Crippen molar-refractivity contribution in [2.75, 3.05) is 0 Å². The van der Waals surface area contributed by atoms with Crippen LogP contribution in [0.2, 0.25) is 0 Å². The summed E-state index contributed by atoms with van der Waals surface area (Å²) in [7, 11) is -5.55. The van der Waals surface area contributed by atoms with Gasteiger partial charge in [0.1, 0.15) is 5.75 Å². The van der Waals surface area contributed by atoms with Crippen LogP contribution in [0.15, 0.2) is 30.3 Å². The van der Waals surface area contributed by atoms with Crippen LogP contribution in [0.25, 0.3) is 0 Å². The first-order valence-corrected chi connectivity index (χ1v) is 4.79. The molecule has 0 bridgehead atoms. The molecule has 94 valence electrons. The molecular weight excluding hydrogens is 265 g/mol. The van der Waals surface area contributed by atoms with Crippen LogP contribution < -0.4 is 4.18 Å². The molecule has 3 nitrogen and oxygen atoms in total. The summed E-state index contributed by atoms with van der Waals surface area (Å²) in [6.45, 7) is 0. The summed E-state index contributed by atoms with van der Waals surface area (Å²) in [5, 5.41) is 0. The van der Waals surface area contributed by atoms with Crippen molar-refractivity contribution in [2.24, 2.45) is 0 Å². The van der Waals surface area contributed by atoms with E-state index in [9.17, 15) is 21.6 Å². The third-order valence-electron chi connectivity index (χ3n) is 1.23. The van der Waals surface area contributed by atoms with Crippen molar-refractivity contribution in [1.29, 1.82) is 0 Å².